The monoisotopic (exact) mass is 286 g/mol. The SMILES string of the molecule is CC(C)n1cc(NC(=O)c2ccc3ncsc3c2)cn1. The van der Waals surface area contributed by atoms with Gasteiger partial charge in [-0.2, -0.15) is 5.10 Å². The minimum Gasteiger partial charge on any atom is -0.319 e. The maximum absolute atomic E-state index is 12.2. The predicted octanol–water partition coefficient (Wildman–Crippen LogP) is 3.33. The van der Waals surface area contributed by atoms with Crippen molar-refractivity contribution in [2.45, 2.75) is 19.9 Å². The number of fused-ring (bicyclic) bond motifs is 1. The number of hydrogen-bond acceptors (Lipinski definition) is 4. The Hall–Kier alpha value is -2.21. The van der Waals surface area contributed by atoms with Crippen LogP contribution in [0.1, 0.15) is 30.2 Å². The van der Waals surface area contributed by atoms with Crippen LogP contribution in [0.25, 0.3) is 10.2 Å². The molecule has 0 fully saturated rings. The quantitative estimate of drug-likeness (QED) is 0.803. The van der Waals surface area contributed by atoms with Gasteiger partial charge in [0.1, 0.15) is 0 Å². The van der Waals surface area contributed by atoms with Gasteiger partial charge in [-0.05, 0) is 32.0 Å². The summed E-state index contributed by atoms with van der Waals surface area (Å²) >= 11 is 1.53. The highest BCUT2D eigenvalue weighted by Gasteiger charge is 2.09. The third-order valence-corrected chi connectivity index (χ3v) is 3.77. The molecule has 2 aromatic heterocycles. The zero-order valence-electron chi connectivity index (χ0n) is 11.2. The van der Waals surface area contributed by atoms with Crippen LogP contribution in [0.4, 0.5) is 5.69 Å². The van der Waals surface area contributed by atoms with E-state index in [-0.39, 0.29) is 11.9 Å². The van der Waals surface area contributed by atoms with Crippen LogP contribution in [-0.2, 0) is 0 Å². The van der Waals surface area contributed by atoms with Crippen molar-refractivity contribution in [2.24, 2.45) is 0 Å². The maximum atomic E-state index is 12.2. The van der Waals surface area contributed by atoms with Gasteiger partial charge in [0.05, 0.1) is 27.6 Å². The third kappa shape index (κ3) is 2.42. The maximum Gasteiger partial charge on any atom is 0.255 e. The topological polar surface area (TPSA) is 59.8 Å². The van der Waals surface area contributed by atoms with E-state index in [2.05, 4.69) is 15.4 Å². The highest BCUT2D eigenvalue weighted by Crippen LogP contribution is 2.20. The Bertz CT molecular complexity index is 759. The molecular formula is C14H14N4OS. The average molecular weight is 286 g/mol. The first-order valence-corrected chi connectivity index (χ1v) is 7.20. The summed E-state index contributed by atoms with van der Waals surface area (Å²) in [5.74, 6) is -0.136. The molecule has 102 valence electrons. The lowest BCUT2D eigenvalue weighted by atomic mass is 10.2. The van der Waals surface area contributed by atoms with Crippen molar-refractivity contribution in [1.82, 2.24) is 14.8 Å². The van der Waals surface area contributed by atoms with Gasteiger partial charge in [0.2, 0.25) is 0 Å². The van der Waals surface area contributed by atoms with Crippen LogP contribution in [0.5, 0.6) is 0 Å². The van der Waals surface area contributed by atoms with Crippen molar-refractivity contribution >= 4 is 33.1 Å². The fourth-order valence-corrected chi connectivity index (χ4v) is 2.60. The summed E-state index contributed by atoms with van der Waals surface area (Å²) in [6.45, 7) is 4.08. The molecule has 0 atom stereocenters. The first-order chi connectivity index (χ1) is 9.63. The van der Waals surface area contributed by atoms with E-state index in [1.165, 1.54) is 11.3 Å². The molecule has 20 heavy (non-hydrogen) atoms. The highest BCUT2D eigenvalue weighted by atomic mass is 32.1. The van der Waals surface area contributed by atoms with E-state index in [1.807, 2.05) is 36.9 Å². The lowest BCUT2D eigenvalue weighted by Gasteiger charge is -2.04. The van der Waals surface area contributed by atoms with Gasteiger partial charge in [-0.15, -0.1) is 11.3 Å². The summed E-state index contributed by atoms with van der Waals surface area (Å²) in [6.07, 6.45) is 3.48. The van der Waals surface area contributed by atoms with E-state index in [0.717, 1.165) is 10.2 Å². The molecule has 3 aromatic rings. The van der Waals surface area contributed by atoms with Crippen LogP contribution in [0, 0.1) is 0 Å². The van der Waals surface area contributed by atoms with Crippen molar-refractivity contribution < 1.29 is 4.79 Å². The second-order valence-electron chi connectivity index (χ2n) is 4.79. The Labute approximate surface area is 120 Å². The number of carbonyl (C=O) groups is 1. The van der Waals surface area contributed by atoms with E-state index in [0.29, 0.717) is 11.3 Å². The van der Waals surface area contributed by atoms with Gasteiger partial charge in [0.15, 0.2) is 0 Å². The molecule has 1 N–H and O–H groups in total. The summed E-state index contributed by atoms with van der Waals surface area (Å²) in [7, 11) is 0. The normalized spacial score (nSPS) is 11.2. The first kappa shape index (κ1) is 12.8. The van der Waals surface area contributed by atoms with Crippen molar-refractivity contribution in [3.05, 3.63) is 41.7 Å². The average Bonchev–Trinajstić information content (AvgIpc) is 3.05. The summed E-state index contributed by atoms with van der Waals surface area (Å²) in [4.78, 5) is 16.4. The van der Waals surface area contributed by atoms with Gasteiger partial charge in [-0.1, -0.05) is 0 Å². The summed E-state index contributed by atoms with van der Waals surface area (Å²) < 4.78 is 2.82. The van der Waals surface area contributed by atoms with Gasteiger partial charge < -0.3 is 5.32 Å². The molecule has 6 heteroatoms. The summed E-state index contributed by atoms with van der Waals surface area (Å²) in [5, 5.41) is 7.05. The molecule has 1 aromatic carbocycles. The molecule has 5 nitrogen and oxygen atoms in total. The molecule has 0 unspecified atom stereocenters. The van der Waals surface area contributed by atoms with Crippen LogP contribution in [0.2, 0.25) is 0 Å². The number of amides is 1. The van der Waals surface area contributed by atoms with Gasteiger partial charge in [0.25, 0.3) is 5.91 Å². The molecular weight excluding hydrogens is 272 g/mol. The van der Waals surface area contributed by atoms with Crippen LogP contribution in [0.15, 0.2) is 36.1 Å². The Morgan fingerprint density at radius 2 is 2.25 bits per heavy atom. The standard InChI is InChI=1S/C14H14N4OS/c1-9(2)18-7-11(6-16-18)17-14(19)10-3-4-12-13(5-10)20-8-15-12/h3-9H,1-2H3,(H,17,19). The van der Waals surface area contributed by atoms with Gasteiger partial charge >= 0.3 is 0 Å². The molecule has 0 aliphatic carbocycles. The van der Waals surface area contributed by atoms with Crippen LogP contribution in [0.3, 0.4) is 0 Å². The number of aromatic nitrogens is 3. The molecule has 0 aliphatic rings. The molecule has 0 bridgehead atoms. The largest absolute Gasteiger partial charge is 0.319 e. The zero-order valence-corrected chi connectivity index (χ0v) is 12.0. The Kier molecular flexibility index (Phi) is 3.23. The molecule has 3 rings (SSSR count). The minimum atomic E-state index is -0.136. The van der Waals surface area contributed by atoms with Gasteiger partial charge in [-0.3, -0.25) is 9.48 Å². The van der Waals surface area contributed by atoms with E-state index in [4.69, 9.17) is 0 Å². The minimum absolute atomic E-state index is 0.136. The van der Waals surface area contributed by atoms with E-state index in [1.54, 1.807) is 17.8 Å². The number of rotatable bonds is 3. The number of nitrogens with zero attached hydrogens (tertiary/aromatic N) is 3. The Morgan fingerprint density at radius 1 is 1.40 bits per heavy atom. The van der Waals surface area contributed by atoms with E-state index < -0.39 is 0 Å². The number of hydrogen-bond donors (Lipinski definition) is 1. The van der Waals surface area contributed by atoms with Crippen LogP contribution < -0.4 is 5.32 Å². The fourth-order valence-electron chi connectivity index (χ4n) is 1.88. The smallest absolute Gasteiger partial charge is 0.255 e. The lowest BCUT2D eigenvalue weighted by molar-refractivity contribution is 0.102. The highest BCUT2D eigenvalue weighted by molar-refractivity contribution is 7.16. The number of anilines is 1. The zero-order chi connectivity index (χ0) is 14.1. The van der Waals surface area contributed by atoms with Crippen molar-refractivity contribution in [3.63, 3.8) is 0 Å². The van der Waals surface area contributed by atoms with E-state index >= 15 is 0 Å². The number of carbonyl (C=O) groups excluding carboxylic acids is 1. The molecule has 0 saturated carbocycles. The second-order valence-corrected chi connectivity index (χ2v) is 5.68. The van der Waals surface area contributed by atoms with Gasteiger partial charge in [-0.25, -0.2) is 4.98 Å². The number of nitrogens with one attached hydrogen (secondary N) is 1. The molecule has 0 saturated heterocycles. The molecule has 0 radical (unpaired) electrons. The number of thiazole rings is 1. The predicted molar refractivity (Wildman–Crippen MR) is 80.2 cm³/mol. The first-order valence-electron chi connectivity index (χ1n) is 6.32. The molecule has 0 spiro atoms. The Balaban J connectivity index is 1.80. The van der Waals surface area contributed by atoms with Crippen molar-refractivity contribution in [1.29, 1.82) is 0 Å². The molecule has 0 aliphatic heterocycles. The second kappa shape index (κ2) is 5.05. The third-order valence-electron chi connectivity index (χ3n) is 2.98. The van der Waals surface area contributed by atoms with E-state index in [9.17, 15) is 4.79 Å². The van der Waals surface area contributed by atoms with Crippen LogP contribution in [-0.4, -0.2) is 20.7 Å². The van der Waals surface area contributed by atoms with Crippen LogP contribution >= 0.6 is 11.3 Å². The molecule has 1 amide bonds. The van der Waals surface area contributed by atoms with Gasteiger partial charge in [0, 0.05) is 17.8 Å². The lowest BCUT2D eigenvalue weighted by Crippen LogP contribution is -2.11. The summed E-state index contributed by atoms with van der Waals surface area (Å²) in [5.41, 5.74) is 4.02. The summed E-state index contributed by atoms with van der Waals surface area (Å²) in [6, 6.07) is 5.77. The van der Waals surface area contributed by atoms with Crippen molar-refractivity contribution in [3.8, 4) is 0 Å². The number of benzene rings is 1. The molecule has 2 heterocycles. The Morgan fingerprint density at radius 3 is 3.00 bits per heavy atom. The fraction of sp³-hybridized carbons (Fsp3) is 0.214. The van der Waals surface area contributed by atoms with Crippen molar-refractivity contribution in [2.75, 3.05) is 5.32 Å².